The van der Waals surface area contributed by atoms with Crippen LogP contribution in [-0.2, 0) is 22.6 Å². The van der Waals surface area contributed by atoms with Crippen LogP contribution in [0.25, 0.3) is 0 Å². The summed E-state index contributed by atoms with van der Waals surface area (Å²) >= 11 is 6.05. The number of nitrogens with zero attached hydrogens (tertiary/aromatic N) is 3. The van der Waals surface area contributed by atoms with Crippen molar-refractivity contribution in [3.05, 3.63) is 57.6 Å². The van der Waals surface area contributed by atoms with Gasteiger partial charge in [0.25, 0.3) is 5.91 Å². The van der Waals surface area contributed by atoms with E-state index in [9.17, 15) is 36.3 Å². The number of halogens is 4. The van der Waals surface area contributed by atoms with E-state index in [1.165, 1.54) is 57.1 Å². The van der Waals surface area contributed by atoms with Crippen molar-refractivity contribution in [3.63, 3.8) is 0 Å². The van der Waals surface area contributed by atoms with E-state index >= 15 is 0 Å². The fourth-order valence-electron chi connectivity index (χ4n) is 4.75. The van der Waals surface area contributed by atoms with Gasteiger partial charge in [-0.1, -0.05) is 18.5 Å². The second-order valence-electron chi connectivity index (χ2n) is 9.62. The molecule has 1 N–H and O–H groups in total. The number of likely N-dealkylation sites (tertiary alicyclic amines) is 1. The van der Waals surface area contributed by atoms with Crippen LogP contribution in [0.3, 0.4) is 0 Å². The number of carbonyl (C=O) groups is 2. The number of anilines is 1. The Morgan fingerprint density at radius 2 is 1.85 bits per heavy atom. The number of sulfone groups is 1. The molecule has 0 aromatic heterocycles. The first-order chi connectivity index (χ1) is 18.1. The van der Waals surface area contributed by atoms with E-state index in [0.29, 0.717) is 19.4 Å². The van der Waals surface area contributed by atoms with Crippen molar-refractivity contribution in [1.82, 2.24) is 9.80 Å². The zero-order chi connectivity index (χ0) is 29.3. The van der Waals surface area contributed by atoms with E-state index in [4.69, 9.17) is 11.6 Å². The maximum absolute atomic E-state index is 14.3. The number of hydrogen-bond acceptors (Lipinski definition) is 5. The summed E-state index contributed by atoms with van der Waals surface area (Å²) in [7, 11) is -1.04. The van der Waals surface area contributed by atoms with Crippen LogP contribution in [0, 0.1) is 6.92 Å². The van der Waals surface area contributed by atoms with E-state index in [0.717, 1.165) is 11.0 Å². The number of alkyl halides is 3. The number of carboxylic acid groups (broad SMARTS) is 1. The van der Waals surface area contributed by atoms with Crippen molar-refractivity contribution in [2.75, 3.05) is 37.8 Å². The summed E-state index contributed by atoms with van der Waals surface area (Å²) in [5.41, 5.74) is -1.03. The third kappa shape index (κ3) is 6.85. The minimum absolute atomic E-state index is 0.00247. The summed E-state index contributed by atoms with van der Waals surface area (Å²) in [6.45, 7) is 3.65. The van der Waals surface area contributed by atoms with E-state index in [-0.39, 0.29) is 57.2 Å². The second kappa shape index (κ2) is 11.7. The summed E-state index contributed by atoms with van der Waals surface area (Å²) in [5.74, 6) is -1.07. The number of hydrogen-bond donors (Lipinski definition) is 1. The Hall–Kier alpha value is -2.83. The number of rotatable bonds is 7. The van der Waals surface area contributed by atoms with Crippen molar-refractivity contribution < 1.29 is 36.3 Å². The summed E-state index contributed by atoms with van der Waals surface area (Å²) in [6, 6.07) is 5.72. The molecule has 0 radical (unpaired) electrons. The van der Waals surface area contributed by atoms with E-state index in [2.05, 4.69) is 0 Å². The fourth-order valence-corrected chi connectivity index (χ4v) is 6.02. The molecular formula is C26H31ClF3N3O5S. The van der Waals surface area contributed by atoms with Crippen molar-refractivity contribution in [3.8, 4) is 0 Å². The normalized spacial score (nSPS) is 16.7. The SMILES string of the molecule is CCS(=O)(=O)c1ccc(Cl)cc1N(C)C(=O)c1cc(C)c(CN2CCC[C@H](N(C)C(=O)O)C2)c(C(F)(F)F)c1. The predicted molar refractivity (Wildman–Crippen MR) is 142 cm³/mol. The molecule has 1 aliphatic heterocycles. The first kappa shape index (κ1) is 30.7. The zero-order valence-corrected chi connectivity index (χ0v) is 23.6. The molecule has 0 bridgehead atoms. The van der Waals surface area contributed by atoms with Gasteiger partial charge in [0.15, 0.2) is 9.84 Å². The Kier molecular flexibility index (Phi) is 9.24. The van der Waals surface area contributed by atoms with Crippen LogP contribution < -0.4 is 4.90 Å². The monoisotopic (exact) mass is 589 g/mol. The fraction of sp³-hybridized carbons (Fsp3) is 0.462. The molecule has 0 saturated carbocycles. The van der Waals surface area contributed by atoms with Crippen molar-refractivity contribution >= 4 is 39.1 Å². The van der Waals surface area contributed by atoms with Gasteiger partial charge in [-0.15, -0.1) is 0 Å². The number of benzene rings is 2. The molecule has 13 heteroatoms. The molecule has 0 aliphatic carbocycles. The lowest BCUT2D eigenvalue weighted by Crippen LogP contribution is -2.48. The highest BCUT2D eigenvalue weighted by Gasteiger charge is 2.37. The largest absolute Gasteiger partial charge is 0.465 e. The van der Waals surface area contributed by atoms with Crippen LogP contribution in [0.2, 0.25) is 5.02 Å². The molecule has 3 rings (SSSR count). The molecule has 2 amide bonds. The molecule has 1 fully saturated rings. The predicted octanol–water partition coefficient (Wildman–Crippen LogP) is 5.31. The Morgan fingerprint density at radius 1 is 1.18 bits per heavy atom. The number of likely N-dealkylation sites (N-methyl/N-ethyl adjacent to an activating group) is 1. The Morgan fingerprint density at radius 3 is 2.44 bits per heavy atom. The van der Waals surface area contributed by atoms with Gasteiger partial charge < -0.3 is 14.9 Å². The van der Waals surface area contributed by atoms with Gasteiger partial charge in [-0.2, -0.15) is 13.2 Å². The highest BCUT2D eigenvalue weighted by Crippen LogP contribution is 2.37. The third-order valence-electron chi connectivity index (χ3n) is 7.04. The average Bonchev–Trinajstić information content (AvgIpc) is 2.87. The van der Waals surface area contributed by atoms with Crippen LogP contribution in [0.4, 0.5) is 23.7 Å². The highest BCUT2D eigenvalue weighted by molar-refractivity contribution is 7.91. The maximum Gasteiger partial charge on any atom is 0.416 e. The quantitative estimate of drug-likeness (QED) is 0.470. The van der Waals surface area contributed by atoms with Crippen LogP contribution in [0.1, 0.15) is 46.8 Å². The van der Waals surface area contributed by atoms with Crippen LogP contribution >= 0.6 is 11.6 Å². The topological polar surface area (TPSA) is 98.2 Å². The van der Waals surface area contributed by atoms with E-state index in [1.807, 2.05) is 0 Å². The number of piperidine rings is 1. The van der Waals surface area contributed by atoms with Crippen LogP contribution in [0.15, 0.2) is 35.2 Å². The lowest BCUT2D eigenvalue weighted by molar-refractivity contribution is -0.138. The molecule has 1 atom stereocenters. The smallest absolute Gasteiger partial charge is 0.416 e. The molecule has 1 aliphatic rings. The molecular weight excluding hydrogens is 559 g/mol. The molecule has 1 heterocycles. The van der Waals surface area contributed by atoms with Gasteiger partial charge >= 0.3 is 12.3 Å². The molecule has 0 spiro atoms. The zero-order valence-electron chi connectivity index (χ0n) is 22.0. The summed E-state index contributed by atoms with van der Waals surface area (Å²) in [4.78, 5) is 28.5. The molecule has 0 unspecified atom stereocenters. The first-order valence-electron chi connectivity index (χ1n) is 12.3. The van der Waals surface area contributed by atoms with Crippen molar-refractivity contribution in [2.24, 2.45) is 0 Å². The van der Waals surface area contributed by atoms with Gasteiger partial charge in [0.1, 0.15) is 0 Å². The average molecular weight is 590 g/mol. The second-order valence-corrected chi connectivity index (χ2v) is 12.3. The third-order valence-corrected chi connectivity index (χ3v) is 9.05. The highest BCUT2D eigenvalue weighted by atomic mass is 35.5. The van der Waals surface area contributed by atoms with Crippen molar-refractivity contribution in [2.45, 2.75) is 50.3 Å². The molecule has 1 saturated heterocycles. The van der Waals surface area contributed by atoms with E-state index < -0.39 is 33.6 Å². The number of amides is 2. The molecule has 8 nitrogen and oxygen atoms in total. The summed E-state index contributed by atoms with van der Waals surface area (Å²) in [6.07, 6.45) is -4.62. The minimum atomic E-state index is -4.77. The minimum Gasteiger partial charge on any atom is -0.465 e. The van der Waals surface area contributed by atoms with Gasteiger partial charge in [-0.05, 0) is 67.8 Å². The van der Waals surface area contributed by atoms with Gasteiger partial charge in [0, 0.05) is 43.8 Å². The summed E-state index contributed by atoms with van der Waals surface area (Å²) in [5, 5.41) is 9.45. The number of carbonyl (C=O) groups excluding carboxylic acids is 1. The van der Waals surface area contributed by atoms with Gasteiger partial charge in [0.05, 0.1) is 21.9 Å². The maximum atomic E-state index is 14.3. The van der Waals surface area contributed by atoms with Gasteiger partial charge in [-0.25, -0.2) is 13.2 Å². The van der Waals surface area contributed by atoms with Crippen molar-refractivity contribution in [1.29, 1.82) is 0 Å². The first-order valence-corrected chi connectivity index (χ1v) is 14.3. The molecule has 214 valence electrons. The Balaban J connectivity index is 1.99. The van der Waals surface area contributed by atoms with Gasteiger partial charge in [-0.3, -0.25) is 9.69 Å². The molecule has 2 aromatic rings. The Labute approximate surface area is 230 Å². The molecule has 2 aromatic carbocycles. The van der Waals surface area contributed by atoms with Gasteiger partial charge in [0.2, 0.25) is 0 Å². The van der Waals surface area contributed by atoms with Crippen LogP contribution in [0.5, 0.6) is 0 Å². The lowest BCUT2D eigenvalue weighted by Gasteiger charge is -2.37. The lowest BCUT2D eigenvalue weighted by atomic mass is 9.95. The molecule has 39 heavy (non-hydrogen) atoms. The standard InChI is InChI=1S/C26H31ClF3N3O5S/c1-5-39(37,38)23-9-8-18(27)13-22(23)32(4)24(34)17-11-16(2)20(21(12-17)26(28,29)30)15-33-10-6-7-19(14-33)31(3)25(35)36/h8-9,11-13,19H,5-7,10,14-15H2,1-4H3,(H,35,36)/t19-/m0/s1. The van der Waals surface area contributed by atoms with E-state index in [1.54, 1.807) is 4.90 Å². The number of aryl methyl sites for hydroxylation is 1. The summed E-state index contributed by atoms with van der Waals surface area (Å²) < 4.78 is 68.0. The van der Waals surface area contributed by atoms with Crippen LogP contribution in [-0.4, -0.2) is 74.3 Å². The Bertz CT molecular complexity index is 1370.